The molecular formula is C16H16ClFN4O2. The molecule has 8 heteroatoms. The Morgan fingerprint density at radius 1 is 1.54 bits per heavy atom. The van der Waals surface area contributed by atoms with Crippen molar-refractivity contribution >= 4 is 28.9 Å². The zero-order valence-corrected chi connectivity index (χ0v) is 14.0. The minimum atomic E-state index is -0.742. The number of oxime groups is 1. The van der Waals surface area contributed by atoms with Crippen LogP contribution in [0.5, 0.6) is 0 Å². The lowest BCUT2D eigenvalue weighted by molar-refractivity contribution is -0.125. The van der Waals surface area contributed by atoms with Gasteiger partial charge in [0, 0.05) is 30.4 Å². The first kappa shape index (κ1) is 16.4. The van der Waals surface area contributed by atoms with E-state index in [-0.39, 0.29) is 10.9 Å². The molecule has 0 fully saturated rings. The largest absolute Gasteiger partial charge is 0.382 e. The fourth-order valence-corrected chi connectivity index (χ4v) is 2.62. The number of aryl methyl sites for hydroxylation is 2. The number of hydrogen-bond donors (Lipinski definition) is 1. The fourth-order valence-electron chi connectivity index (χ4n) is 2.44. The van der Waals surface area contributed by atoms with Crippen LogP contribution in [0.25, 0.3) is 0 Å². The van der Waals surface area contributed by atoms with Crippen molar-refractivity contribution in [3.8, 4) is 0 Å². The summed E-state index contributed by atoms with van der Waals surface area (Å²) in [6, 6.07) is 3.98. The SMILES string of the molecule is CCn1cc(C2=NOC(C(=O)Nc3ccc(F)c(Cl)c3)C2)c(C)n1. The lowest BCUT2D eigenvalue weighted by Crippen LogP contribution is -2.28. The Kier molecular flexibility index (Phi) is 4.53. The molecule has 1 aromatic carbocycles. The zero-order valence-electron chi connectivity index (χ0n) is 13.2. The first-order valence-electron chi connectivity index (χ1n) is 7.51. The van der Waals surface area contributed by atoms with Crippen LogP contribution in [0, 0.1) is 12.7 Å². The molecule has 0 bridgehead atoms. The highest BCUT2D eigenvalue weighted by Gasteiger charge is 2.30. The number of carbonyl (C=O) groups is 1. The molecule has 1 aliphatic heterocycles. The van der Waals surface area contributed by atoms with Crippen molar-refractivity contribution in [1.29, 1.82) is 0 Å². The Morgan fingerprint density at radius 3 is 3.00 bits per heavy atom. The van der Waals surface area contributed by atoms with E-state index in [0.717, 1.165) is 17.8 Å². The quantitative estimate of drug-likeness (QED) is 0.921. The van der Waals surface area contributed by atoms with Gasteiger partial charge in [0.15, 0.2) is 0 Å². The van der Waals surface area contributed by atoms with Gasteiger partial charge in [-0.25, -0.2) is 4.39 Å². The Labute approximate surface area is 143 Å². The van der Waals surface area contributed by atoms with Gasteiger partial charge < -0.3 is 10.2 Å². The molecule has 1 amide bonds. The highest BCUT2D eigenvalue weighted by Crippen LogP contribution is 2.22. The van der Waals surface area contributed by atoms with Crippen molar-refractivity contribution in [2.45, 2.75) is 32.9 Å². The standard InChI is InChI=1S/C16H16ClFN4O2/c1-3-22-8-11(9(2)20-22)14-7-15(24-21-14)16(23)19-10-4-5-13(18)12(17)6-10/h4-6,8,15H,3,7H2,1-2H3,(H,19,23). The van der Waals surface area contributed by atoms with Crippen molar-refractivity contribution in [3.05, 3.63) is 46.5 Å². The van der Waals surface area contributed by atoms with Crippen LogP contribution in [-0.4, -0.2) is 27.5 Å². The Hall–Kier alpha value is -2.41. The van der Waals surface area contributed by atoms with Crippen molar-refractivity contribution in [2.75, 3.05) is 5.32 Å². The smallest absolute Gasteiger partial charge is 0.268 e. The second-order valence-corrected chi connectivity index (χ2v) is 5.85. The molecule has 0 saturated carbocycles. The van der Waals surface area contributed by atoms with E-state index in [1.165, 1.54) is 18.2 Å². The second kappa shape index (κ2) is 6.60. The average Bonchev–Trinajstić information content (AvgIpc) is 3.17. The van der Waals surface area contributed by atoms with E-state index in [0.29, 0.717) is 17.8 Å². The molecule has 1 N–H and O–H groups in total. The van der Waals surface area contributed by atoms with Crippen LogP contribution in [0.2, 0.25) is 5.02 Å². The van der Waals surface area contributed by atoms with E-state index in [1.54, 1.807) is 4.68 Å². The Bertz CT molecular complexity index is 818. The van der Waals surface area contributed by atoms with Gasteiger partial charge in [-0.3, -0.25) is 9.48 Å². The fraction of sp³-hybridized carbons (Fsp3) is 0.312. The van der Waals surface area contributed by atoms with Gasteiger partial charge in [0.1, 0.15) is 5.82 Å². The third-order valence-electron chi connectivity index (χ3n) is 3.73. The van der Waals surface area contributed by atoms with Gasteiger partial charge in [-0.05, 0) is 32.0 Å². The third-order valence-corrected chi connectivity index (χ3v) is 4.02. The predicted molar refractivity (Wildman–Crippen MR) is 88.7 cm³/mol. The normalized spacial score (nSPS) is 16.7. The molecule has 0 aliphatic carbocycles. The van der Waals surface area contributed by atoms with Crippen LogP contribution in [0.4, 0.5) is 10.1 Å². The van der Waals surface area contributed by atoms with Crippen molar-refractivity contribution in [3.63, 3.8) is 0 Å². The summed E-state index contributed by atoms with van der Waals surface area (Å²) in [5, 5.41) is 11.0. The number of carbonyl (C=O) groups excluding carboxylic acids is 1. The van der Waals surface area contributed by atoms with Gasteiger partial charge in [0.05, 0.1) is 16.4 Å². The van der Waals surface area contributed by atoms with E-state index in [9.17, 15) is 9.18 Å². The summed E-state index contributed by atoms with van der Waals surface area (Å²) < 4.78 is 15.0. The molecule has 1 unspecified atom stereocenters. The van der Waals surface area contributed by atoms with Gasteiger partial charge in [-0.15, -0.1) is 0 Å². The highest BCUT2D eigenvalue weighted by molar-refractivity contribution is 6.31. The molecular weight excluding hydrogens is 335 g/mol. The van der Waals surface area contributed by atoms with Crippen molar-refractivity contribution in [1.82, 2.24) is 9.78 Å². The highest BCUT2D eigenvalue weighted by atomic mass is 35.5. The lowest BCUT2D eigenvalue weighted by Gasteiger charge is -2.09. The summed E-state index contributed by atoms with van der Waals surface area (Å²) in [6.07, 6.45) is 1.49. The molecule has 6 nitrogen and oxygen atoms in total. The summed E-state index contributed by atoms with van der Waals surface area (Å²) in [6.45, 7) is 4.63. The molecule has 1 atom stereocenters. The molecule has 0 saturated heterocycles. The van der Waals surface area contributed by atoms with Crippen LogP contribution in [0.15, 0.2) is 29.6 Å². The molecule has 1 aromatic heterocycles. The summed E-state index contributed by atoms with van der Waals surface area (Å²) in [7, 11) is 0. The van der Waals surface area contributed by atoms with E-state index >= 15 is 0 Å². The lowest BCUT2D eigenvalue weighted by atomic mass is 10.1. The van der Waals surface area contributed by atoms with E-state index in [1.807, 2.05) is 20.0 Å². The molecule has 0 spiro atoms. The Morgan fingerprint density at radius 2 is 2.33 bits per heavy atom. The third kappa shape index (κ3) is 3.26. The van der Waals surface area contributed by atoms with E-state index in [4.69, 9.17) is 16.4 Å². The number of aromatic nitrogens is 2. The second-order valence-electron chi connectivity index (χ2n) is 5.44. The van der Waals surface area contributed by atoms with Crippen LogP contribution >= 0.6 is 11.6 Å². The van der Waals surface area contributed by atoms with Gasteiger partial charge in [-0.2, -0.15) is 5.10 Å². The number of anilines is 1. The van der Waals surface area contributed by atoms with Crippen LogP contribution < -0.4 is 5.32 Å². The first-order valence-corrected chi connectivity index (χ1v) is 7.88. The number of benzene rings is 1. The van der Waals surface area contributed by atoms with Gasteiger partial charge in [-0.1, -0.05) is 16.8 Å². The number of rotatable bonds is 4. The zero-order chi connectivity index (χ0) is 17.3. The minimum Gasteiger partial charge on any atom is -0.382 e. The number of hydrogen-bond acceptors (Lipinski definition) is 4. The minimum absolute atomic E-state index is 0.0558. The first-order chi connectivity index (χ1) is 11.5. The van der Waals surface area contributed by atoms with Crippen LogP contribution in [0.3, 0.4) is 0 Å². The van der Waals surface area contributed by atoms with Crippen LogP contribution in [-0.2, 0) is 16.2 Å². The van der Waals surface area contributed by atoms with E-state index < -0.39 is 11.9 Å². The Balaban J connectivity index is 1.66. The molecule has 2 aromatic rings. The number of nitrogens with one attached hydrogen (secondary N) is 1. The van der Waals surface area contributed by atoms with Gasteiger partial charge in [0.2, 0.25) is 6.10 Å². The predicted octanol–water partition coefficient (Wildman–Crippen LogP) is 3.14. The van der Waals surface area contributed by atoms with Gasteiger partial charge >= 0.3 is 0 Å². The maximum atomic E-state index is 13.1. The van der Waals surface area contributed by atoms with Gasteiger partial charge in [0.25, 0.3) is 5.91 Å². The number of halogens is 2. The monoisotopic (exact) mass is 350 g/mol. The van der Waals surface area contributed by atoms with Crippen molar-refractivity contribution in [2.24, 2.45) is 5.16 Å². The van der Waals surface area contributed by atoms with E-state index in [2.05, 4.69) is 15.6 Å². The molecule has 24 heavy (non-hydrogen) atoms. The molecule has 126 valence electrons. The van der Waals surface area contributed by atoms with Crippen molar-refractivity contribution < 1.29 is 14.0 Å². The summed E-state index contributed by atoms with van der Waals surface area (Å²) >= 11 is 5.70. The topological polar surface area (TPSA) is 68.5 Å². The molecule has 2 heterocycles. The summed E-state index contributed by atoms with van der Waals surface area (Å²) in [5.74, 6) is -0.905. The maximum Gasteiger partial charge on any atom is 0.268 e. The number of nitrogens with zero attached hydrogens (tertiary/aromatic N) is 3. The summed E-state index contributed by atoms with van der Waals surface area (Å²) in [5.41, 5.74) is 2.80. The molecule has 1 aliphatic rings. The van der Waals surface area contributed by atoms with Crippen LogP contribution in [0.1, 0.15) is 24.6 Å². The summed E-state index contributed by atoms with van der Waals surface area (Å²) in [4.78, 5) is 17.5. The molecule has 0 radical (unpaired) electrons. The maximum absolute atomic E-state index is 13.1. The molecule has 3 rings (SSSR count). The average molecular weight is 351 g/mol. The number of amides is 1.